The van der Waals surface area contributed by atoms with Gasteiger partial charge in [0.1, 0.15) is 16.8 Å². The van der Waals surface area contributed by atoms with Gasteiger partial charge in [0, 0.05) is 17.4 Å². The lowest BCUT2D eigenvalue weighted by Crippen LogP contribution is -2.40. The van der Waals surface area contributed by atoms with Gasteiger partial charge in [-0.2, -0.15) is 4.72 Å². The summed E-state index contributed by atoms with van der Waals surface area (Å²) in [6.07, 6.45) is 0. The predicted molar refractivity (Wildman–Crippen MR) is 135 cm³/mol. The molecule has 0 fully saturated rings. The van der Waals surface area contributed by atoms with Crippen LogP contribution in [0.4, 0.5) is 4.39 Å². The minimum atomic E-state index is -4.31. The Labute approximate surface area is 208 Å². The molecule has 1 heterocycles. The summed E-state index contributed by atoms with van der Waals surface area (Å²) in [6, 6.07) is 20.4. The number of para-hydroxylation sites is 1. The van der Waals surface area contributed by atoms with Crippen LogP contribution in [0, 0.1) is 5.82 Å². The van der Waals surface area contributed by atoms with Crippen LogP contribution < -0.4 is 4.72 Å². The quantitative estimate of drug-likeness (QED) is 0.264. The largest absolute Gasteiger partial charge is 0.456 e. The first-order valence-electron chi connectivity index (χ1n) is 11.4. The Morgan fingerprint density at radius 2 is 1.61 bits per heavy atom. The van der Waals surface area contributed by atoms with Gasteiger partial charge in [-0.3, -0.25) is 9.59 Å². The van der Waals surface area contributed by atoms with Crippen molar-refractivity contribution >= 4 is 32.7 Å². The van der Waals surface area contributed by atoms with Crippen molar-refractivity contribution in [1.82, 2.24) is 9.29 Å². The van der Waals surface area contributed by atoms with E-state index in [1.54, 1.807) is 0 Å². The van der Waals surface area contributed by atoms with Gasteiger partial charge in [0.15, 0.2) is 6.61 Å². The van der Waals surface area contributed by atoms with Gasteiger partial charge in [0.2, 0.25) is 15.8 Å². The minimum Gasteiger partial charge on any atom is -0.456 e. The molecule has 0 unspecified atom stereocenters. The fraction of sp³-hybridized carbons (Fsp3) is 0.185. The number of ketones is 1. The van der Waals surface area contributed by atoms with E-state index in [4.69, 9.17) is 4.74 Å². The van der Waals surface area contributed by atoms with Crippen molar-refractivity contribution in [3.05, 3.63) is 90.2 Å². The number of sulfonamides is 1. The highest BCUT2D eigenvalue weighted by molar-refractivity contribution is 7.89. The summed E-state index contributed by atoms with van der Waals surface area (Å²) in [4.78, 5) is 25.4. The van der Waals surface area contributed by atoms with E-state index in [1.165, 1.54) is 19.1 Å². The van der Waals surface area contributed by atoms with E-state index < -0.39 is 45.1 Å². The Hall–Kier alpha value is -3.82. The predicted octanol–water partition coefficient (Wildman–Crippen LogP) is 4.56. The van der Waals surface area contributed by atoms with Gasteiger partial charge >= 0.3 is 5.97 Å². The third kappa shape index (κ3) is 4.93. The second-order valence-electron chi connectivity index (χ2n) is 8.16. The van der Waals surface area contributed by atoms with E-state index in [1.807, 2.05) is 66.1 Å². The van der Waals surface area contributed by atoms with Gasteiger partial charge in [0.25, 0.3) is 0 Å². The molecule has 1 N–H and O–H groups in total. The Bertz CT molecular complexity index is 1530. The van der Waals surface area contributed by atoms with E-state index in [9.17, 15) is 22.4 Å². The number of fused-ring (bicyclic) bond motifs is 1. The van der Waals surface area contributed by atoms with Crippen molar-refractivity contribution < 1.29 is 27.1 Å². The SMILES string of the molecule is CCn1c(-c2ccccc2)c(C(=O)COC(=O)[C@H](C)NS(=O)(=O)c2ccccc2F)c2ccccc21. The number of nitrogens with zero attached hydrogens (tertiary/aromatic N) is 1. The number of aryl methyl sites for hydroxylation is 1. The van der Waals surface area contributed by atoms with Crippen LogP contribution in [0.15, 0.2) is 83.8 Å². The van der Waals surface area contributed by atoms with Crippen molar-refractivity contribution in [1.29, 1.82) is 0 Å². The number of benzene rings is 3. The summed E-state index contributed by atoms with van der Waals surface area (Å²) in [7, 11) is -4.31. The van der Waals surface area contributed by atoms with Crippen LogP contribution in [-0.2, 0) is 26.1 Å². The normalized spacial score (nSPS) is 12.4. The highest BCUT2D eigenvalue weighted by Gasteiger charge is 2.28. The molecule has 0 bridgehead atoms. The second kappa shape index (κ2) is 10.4. The summed E-state index contributed by atoms with van der Waals surface area (Å²) in [5, 5.41) is 0.729. The van der Waals surface area contributed by atoms with Gasteiger partial charge in [-0.15, -0.1) is 0 Å². The van der Waals surface area contributed by atoms with E-state index in [2.05, 4.69) is 4.72 Å². The molecule has 0 saturated heterocycles. The lowest BCUT2D eigenvalue weighted by molar-refractivity contribution is -0.144. The first-order chi connectivity index (χ1) is 17.2. The highest BCUT2D eigenvalue weighted by Crippen LogP contribution is 2.34. The zero-order valence-corrected chi connectivity index (χ0v) is 20.6. The molecule has 0 spiro atoms. The van der Waals surface area contributed by atoms with Crippen LogP contribution in [0.25, 0.3) is 22.2 Å². The number of ether oxygens (including phenoxy) is 1. The molecule has 4 rings (SSSR count). The average molecular weight is 509 g/mol. The molecule has 9 heteroatoms. The smallest absolute Gasteiger partial charge is 0.324 e. The third-order valence-corrected chi connectivity index (χ3v) is 7.34. The maximum Gasteiger partial charge on any atom is 0.324 e. The van der Waals surface area contributed by atoms with Crippen molar-refractivity contribution in [3.8, 4) is 11.3 Å². The third-order valence-electron chi connectivity index (χ3n) is 5.77. The molecule has 0 aliphatic rings. The number of carbonyl (C=O) groups excluding carboxylic acids is 2. The van der Waals surface area contributed by atoms with E-state index >= 15 is 0 Å². The standard InChI is InChI=1S/C27H25FN2O5S/c1-3-30-22-15-9-7-13-20(22)25(26(30)19-11-5-4-6-12-19)23(31)17-35-27(32)18(2)29-36(33,34)24-16-10-8-14-21(24)28/h4-16,18,29H,3,17H2,1-2H3/t18-/m0/s1. The minimum absolute atomic E-state index is 0.422. The summed E-state index contributed by atoms with van der Waals surface area (Å²) < 4.78 is 48.2. The lowest BCUT2D eigenvalue weighted by Gasteiger charge is -2.14. The number of nitrogens with one attached hydrogen (secondary N) is 1. The molecule has 1 aromatic heterocycles. The zero-order valence-electron chi connectivity index (χ0n) is 19.8. The summed E-state index contributed by atoms with van der Waals surface area (Å²) in [6.45, 7) is 3.29. The molecule has 0 radical (unpaired) electrons. The number of halogens is 1. The molecule has 3 aromatic carbocycles. The zero-order chi connectivity index (χ0) is 25.9. The molecule has 36 heavy (non-hydrogen) atoms. The number of hydrogen-bond donors (Lipinski definition) is 1. The maximum atomic E-state index is 13.9. The van der Waals surface area contributed by atoms with Gasteiger partial charge < -0.3 is 9.30 Å². The van der Waals surface area contributed by atoms with Crippen LogP contribution in [0.3, 0.4) is 0 Å². The van der Waals surface area contributed by atoms with Gasteiger partial charge in [-0.25, -0.2) is 12.8 Å². The first-order valence-corrected chi connectivity index (χ1v) is 12.9. The number of Topliss-reactive ketones (excluding diaryl/α,β-unsaturated/α-hetero) is 1. The Morgan fingerprint density at radius 1 is 0.972 bits per heavy atom. The van der Waals surface area contributed by atoms with Crippen LogP contribution >= 0.6 is 0 Å². The molecule has 7 nitrogen and oxygen atoms in total. The molecular weight excluding hydrogens is 483 g/mol. The van der Waals surface area contributed by atoms with Gasteiger partial charge in [-0.05, 0) is 37.6 Å². The molecular formula is C27H25FN2O5S. The fourth-order valence-electron chi connectivity index (χ4n) is 4.15. The second-order valence-corrected chi connectivity index (χ2v) is 9.84. The monoisotopic (exact) mass is 508 g/mol. The van der Waals surface area contributed by atoms with Crippen LogP contribution in [0.5, 0.6) is 0 Å². The molecule has 186 valence electrons. The Kier molecular flexibility index (Phi) is 7.32. The van der Waals surface area contributed by atoms with Gasteiger partial charge in [0.05, 0.1) is 11.3 Å². The molecule has 0 amide bonds. The maximum absolute atomic E-state index is 13.9. The molecule has 0 aliphatic heterocycles. The Morgan fingerprint density at radius 3 is 2.31 bits per heavy atom. The van der Waals surface area contributed by atoms with E-state index in [-0.39, 0.29) is 0 Å². The van der Waals surface area contributed by atoms with E-state index in [0.29, 0.717) is 17.8 Å². The summed E-state index contributed by atoms with van der Waals surface area (Å²) >= 11 is 0. The first kappa shape index (κ1) is 25.3. The molecule has 0 aliphatic carbocycles. The van der Waals surface area contributed by atoms with Crippen molar-refractivity contribution in [3.63, 3.8) is 0 Å². The topological polar surface area (TPSA) is 94.5 Å². The number of hydrogen-bond acceptors (Lipinski definition) is 5. The number of aromatic nitrogens is 1. The van der Waals surface area contributed by atoms with Crippen molar-refractivity contribution in [2.45, 2.75) is 31.3 Å². The van der Waals surface area contributed by atoms with Crippen LogP contribution in [0.2, 0.25) is 0 Å². The summed E-state index contributed by atoms with van der Waals surface area (Å²) in [5.41, 5.74) is 2.86. The molecule has 4 aromatic rings. The van der Waals surface area contributed by atoms with Crippen LogP contribution in [-0.4, -0.2) is 37.4 Å². The van der Waals surface area contributed by atoms with E-state index in [0.717, 1.165) is 28.6 Å². The average Bonchev–Trinajstić information content (AvgIpc) is 3.22. The lowest BCUT2D eigenvalue weighted by atomic mass is 10.0. The number of carbonyl (C=O) groups is 2. The van der Waals surface area contributed by atoms with Gasteiger partial charge in [-0.1, -0.05) is 60.7 Å². The molecule has 0 saturated carbocycles. The molecule has 1 atom stereocenters. The number of esters is 1. The van der Waals surface area contributed by atoms with Crippen molar-refractivity contribution in [2.24, 2.45) is 0 Å². The number of rotatable bonds is 9. The Balaban J connectivity index is 1.57. The fourth-order valence-corrected chi connectivity index (χ4v) is 5.42. The summed E-state index contributed by atoms with van der Waals surface area (Å²) in [5.74, 6) is -2.32. The highest BCUT2D eigenvalue weighted by atomic mass is 32.2. The van der Waals surface area contributed by atoms with Crippen molar-refractivity contribution in [2.75, 3.05) is 6.61 Å². The van der Waals surface area contributed by atoms with Crippen LogP contribution in [0.1, 0.15) is 24.2 Å².